The molecule has 4 aromatic rings. The predicted octanol–water partition coefficient (Wildman–Crippen LogP) is 1.24. The van der Waals surface area contributed by atoms with E-state index in [0.717, 1.165) is 15.5 Å². The summed E-state index contributed by atoms with van der Waals surface area (Å²) in [5, 5.41) is 15.2. The number of carbonyl (C=O) groups is 2. The maximum absolute atomic E-state index is 13.4. The summed E-state index contributed by atoms with van der Waals surface area (Å²) in [4.78, 5) is 57.1. The van der Waals surface area contributed by atoms with Crippen LogP contribution in [-0.4, -0.2) is 32.5 Å². The summed E-state index contributed by atoms with van der Waals surface area (Å²) in [7, 11) is 0. The summed E-state index contributed by atoms with van der Waals surface area (Å²) in [6, 6.07) is 11.4. The van der Waals surface area contributed by atoms with E-state index < -0.39 is 35.2 Å². The minimum Gasteiger partial charge on any atom is -0.548 e. The number of para-hydroxylation sites is 2. The summed E-state index contributed by atoms with van der Waals surface area (Å²) < 4.78 is 0.862. The zero-order valence-electron chi connectivity index (χ0n) is 18.8. The lowest BCUT2D eigenvalue weighted by Gasteiger charge is -2.25. The largest absolute Gasteiger partial charge is 0.548 e. The van der Waals surface area contributed by atoms with Crippen LogP contribution in [0.25, 0.3) is 21.8 Å². The summed E-state index contributed by atoms with van der Waals surface area (Å²) in [5.41, 5.74) is 0.520. The smallest absolute Gasteiger partial charge is 0.329 e. The van der Waals surface area contributed by atoms with E-state index in [1.54, 1.807) is 30.5 Å². The molecule has 1 amide bonds. The average Bonchev–Trinajstić information content (AvgIpc) is 3.20. The van der Waals surface area contributed by atoms with Crippen molar-refractivity contribution in [2.75, 3.05) is 0 Å². The number of carbonyl (C=O) groups excluding carboxylic acids is 2. The molecule has 0 unspecified atom stereocenters. The Bertz CT molecular complexity index is 1480. The van der Waals surface area contributed by atoms with Gasteiger partial charge in [0.1, 0.15) is 6.04 Å². The number of H-pyrrole nitrogens is 2. The molecule has 0 saturated carbocycles. The number of aromatic nitrogens is 3. The van der Waals surface area contributed by atoms with Gasteiger partial charge in [0, 0.05) is 23.5 Å². The second-order valence-corrected chi connectivity index (χ2v) is 8.74. The number of nitrogens with one attached hydrogen (secondary N) is 3. The lowest BCUT2D eigenvalue weighted by atomic mass is 10.0. The summed E-state index contributed by atoms with van der Waals surface area (Å²) in [6.45, 7) is 3.65. The van der Waals surface area contributed by atoms with Crippen LogP contribution in [0.15, 0.2) is 64.3 Å². The maximum atomic E-state index is 13.4. The van der Waals surface area contributed by atoms with Crippen LogP contribution in [-0.2, 0) is 16.0 Å². The van der Waals surface area contributed by atoms with Crippen molar-refractivity contribution in [3.05, 3.63) is 81.1 Å². The second-order valence-electron chi connectivity index (χ2n) is 8.74. The van der Waals surface area contributed by atoms with E-state index >= 15 is 0 Å². The molecule has 9 heteroatoms. The van der Waals surface area contributed by atoms with Crippen LogP contribution < -0.4 is 21.7 Å². The number of aromatic amines is 2. The Kier molecular flexibility index (Phi) is 6.36. The van der Waals surface area contributed by atoms with E-state index in [-0.39, 0.29) is 24.1 Å². The molecule has 0 aliphatic carbocycles. The minimum absolute atomic E-state index is 0.00137. The Morgan fingerprint density at radius 1 is 1.00 bits per heavy atom. The van der Waals surface area contributed by atoms with Crippen LogP contribution in [0.5, 0.6) is 0 Å². The van der Waals surface area contributed by atoms with Gasteiger partial charge in [-0.15, -0.1) is 0 Å². The van der Waals surface area contributed by atoms with E-state index in [1.165, 1.54) is 0 Å². The van der Waals surface area contributed by atoms with Crippen molar-refractivity contribution in [1.29, 1.82) is 0 Å². The normalized spacial score (nSPS) is 13.3. The standard InChI is InChI=1S/C25H26N4O5/c1-14(2)11-20(24(32)33)27-22(30)21(12-15-13-26-18-9-5-3-7-16(15)18)29-23(31)17-8-4-6-10-19(17)28-25(29)34/h3-10,13-14,20-21,26H,11-12H2,1-2H3,(H,27,30)(H,28,34)(H,32,33)/p-1/t20-,21-/m0/s1. The van der Waals surface area contributed by atoms with Gasteiger partial charge in [-0.05, 0) is 36.1 Å². The van der Waals surface area contributed by atoms with E-state index in [9.17, 15) is 24.3 Å². The van der Waals surface area contributed by atoms with Gasteiger partial charge in [0.2, 0.25) is 5.91 Å². The Morgan fingerprint density at radius 3 is 2.32 bits per heavy atom. The summed E-state index contributed by atoms with van der Waals surface area (Å²) >= 11 is 0. The number of aliphatic carboxylic acids is 1. The van der Waals surface area contributed by atoms with Crippen molar-refractivity contribution >= 4 is 33.7 Å². The molecule has 0 saturated heterocycles. The van der Waals surface area contributed by atoms with E-state index in [0.29, 0.717) is 11.1 Å². The summed E-state index contributed by atoms with van der Waals surface area (Å²) in [5.74, 6) is -2.20. The van der Waals surface area contributed by atoms with Crippen LogP contribution in [0.1, 0.15) is 31.9 Å². The third kappa shape index (κ3) is 4.50. The minimum atomic E-state index is -1.42. The van der Waals surface area contributed by atoms with Gasteiger partial charge in [-0.1, -0.05) is 44.2 Å². The lowest BCUT2D eigenvalue weighted by Crippen LogP contribution is -2.53. The summed E-state index contributed by atoms with van der Waals surface area (Å²) in [6.07, 6.45) is 1.87. The maximum Gasteiger partial charge on any atom is 0.329 e. The topological polar surface area (TPSA) is 140 Å². The molecule has 2 aromatic heterocycles. The number of hydrogen-bond acceptors (Lipinski definition) is 5. The Balaban J connectivity index is 1.82. The molecular formula is C25H25N4O5-. The molecular weight excluding hydrogens is 436 g/mol. The van der Waals surface area contributed by atoms with Crippen molar-refractivity contribution in [1.82, 2.24) is 19.9 Å². The van der Waals surface area contributed by atoms with Crippen molar-refractivity contribution in [3.8, 4) is 0 Å². The van der Waals surface area contributed by atoms with Crippen LogP contribution in [0.4, 0.5) is 0 Å². The third-order valence-corrected chi connectivity index (χ3v) is 5.85. The first kappa shape index (κ1) is 23.0. The SMILES string of the molecule is CC(C)C[C@H](NC(=O)[C@H](Cc1c[nH]c2ccccc12)n1c(=O)[nH]c2ccccc2c1=O)C(=O)[O-]. The molecule has 3 N–H and O–H groups in total. The van der Waals surface area contributed by atoms with E-state index in [2.05, 4.69) is 15.3 Å². The van der Waals surface area contributed by atoms with Gasteiger partial charge in [-0.3, -0.25) is 9.59 Å². The monoisotopic (exact) mass is 461 g/mol. The molecule has 2 atom stereocenters. The van der Waals surface area contributed by atoms with Gasteiger partial charge in [-0.25, -0.2) is 9.36 Å². The van der Waals surface area contributed by atoms with Crippen LogP contribution in [0.2, 0.25) is 0 Å². The number of fused-ring (bicyclic) bond motifs is 2. The fourth-order valence-electron chi connectivity index (χ4n) is 4.22. The fraction of sp³-hybridized carbons (Fsp3) is 0.280. The molecule has 0 aliphatic heterocycles. The predicted molar refractivity (Wildman–Crippen MR) is 126 cm³/mol. The average molecular weight is 461 g/mol. The quantitative estimate of drug-likeness (QED) is 0.362. The van der Waals surface area contributed by atoms with E-state index in [1.807, 2.05) is 38.1 Å². The lowest BCUT2D eigenvalue weighted by molar-refractivity contribution is -0.308. The van der Waals surface area contributed by atoms with Crippen molar-refractivity contribution in [2.45, 2.75) is 38.8 Å². The van der Waals surface area contributed by atoms with Crippen LogP contribution in [0.3, 0.4) is 0 Å². The molecule has 34 heavy (non-hydrogen) atoms. The molecule has 0 fully saturated rings. The van der Waals surface area contributed by atoms with Crippen molar-refractivity contribution in [3.63, 3.8) is 0 Å². The molecule has 4 rings (SSSR count). The Morgan fingerprint density at radius 2 is 1.65 bits per heavy atom. The fourth-order valence-corrected chi connectivity index (χ4v) is 4.22. The van der Waals surface area contributed by atoms with Gasteiger partial charge < -0.3 is 25.2 Å². The highest BCUT2D eigenvalue weighted by Gasteiger charge is 2.28. The van der Waals surface area contributed by atoms with Crippen molar-refractivity contribution < 1.29 is 14.7 Å². The number of benzene rings is 2. The number of carboxylic acid groups (broad SMARTS) is 1. The van der Waals surface area contributed by atoms with Crippen LogP contribution in [0, 0.1) is 5.92 Å². The third-order valence-electron chi connectivity index (χ3n) is 5.85. The zero-order chi connectivity index (χ0) is 24.4. The molecule has 176 valence electrons. The Labute approximate surface area is 194 Å². The van der Waals surface area contributed by atoms with Gasteiger partial charge in [0.25, 0.3) is 5.56 Å². The number of rotatable bonds is 8. The molecule has 2 aromatic carbocycles. The zero-order valence-corrected chi connectivity index (χ0v) is 18.8. The Hall–Kier alpha value is -4.14. The molecule has 2 heterocycles. The van der Waals surface area contributed by atoms with Gasteiger partial charge in [0.05, 0.1) is 22.9 Å². The van der Waals surface area contributed by atoms with Gasteiger partial charge in [0.15, 0.2) is 0 Å². The molecule has 0 aliphatic rings. The van der Waals surface area contributed by atoms with Gasteiger partial charge >= 0.3 is 5.69 Å². The number of amides is 1. The second kappa shape index (κ2) is 9.38. The molecule has 0 bridgehead atoms. The molecule has 9 nitrogen and oxygen atoms in total. The van der Waals surface area contributed by atoms with Gasteiger partial charge in [-0.2, -0.15) is 0 Å². The first-order valence-corrected chi connectivity index (χ1v) is 11.1. The van der Waals surface area contributed by atoms with Crippen LogP contribution >= 0.6 is 0 Å². The molecule has 0 spiro atoms. The number of nitrogens with zero attached hydrogens (tertiary/aromatic N) is 1. The highest BCUT2D eigenvalue weighted by atomic mass is 16.4. The number of hydrogen-bond donors (Lipinski definition) is 3. The highest BCUT2D eigenvalue weighted by molar-refractivity contribution is 5.88. The van der Waals surface area contributed by atoms with Crippen molar-refractivity contribution in [2.24, 2.45) is 5.92 Å². The number of carboxylic acids is 1. The first-order valence-electron chi connectivity index (χ1n) is 11.1. The molecule has 0 radical (unpaired) electrons. The first-order chi connectivity index (χ1) is 16.3. The highest BCUT2D eigenvalue weighted by Crippen LogP contribution is 2.23. The van der Waals surface area contributed by atoms with E-state index in [4.69, 9.17) is 0 Å².